The van der Waals surface area contributed by atoms with Crippen molar-refractivity contribution in [2.45, 2.75) is 20.4 Å². The summed E-state index contributed by atoms with van der Waals surface area (Å²) < 4.78 is 18.5. The summed E-state index contributed by atoms with van der Waals surface area (Å²) in [6.45, 7) is 6.47. The van der Waals surface area contributed by atoms with E-state index in [1.807, 2.05) is 6.92 Å². The maximum Gasteiger partial charge on any atom is 0.309 e. The first-order valence-electron chi connectivity index (χ1n) is 9.00. The van der Waals surface area contributed by atoms with Gasteiger partial charge in [0.25, 0.3) is 6.47 Å². The normalized spacial score (nSPS) is 26.7. The van der Waals surface area contributed by atoms with Crippen molar-refractivity contribution < 1.29 is 23.8 Å². The van der Waals surface area contributed by atoms with Gasteiger partial charge in [-0.1, -0.05) is 36.7 Å². The van der Waals surface area contributed by atoms with Crippen LogP contribution in [0.1, 0.15) is 19.4 Å². The Hall–Kier alpha value is -1.92. The molecule has 0 radical (unpaired) electrons. The molecule has 1 aliphatic heterocycles. The minimum Gasteiger partial charge on any atom is -0.483 e. The average Bonchev–Trinajstić information content (AvgIpc) is 3.00. The number of halogens is 2. The Morgan fingerprint density at radius 1 is 1.41 bits per heavy atom. The van der Waals surface area contributed by atoms with E-state index in [2.05, 4.69) is 24.0 Å². The Bertz CT molecular complexity index is 697. The summed E-state index contributed by atoms with van der Waals surface area (Å²) in [5.74, 6) is 0.315. The number of likely N-dealkylation sites (tertiary alicyclic amines) is 1. The van der Waals surface area contributed by atoms with Gasteiger partial charge < -0.3 is 9.84 Å². The van der Waals surface area contributed by atoms with E-state index in [1.165, 1.54) is 12.1 Å². The molecule has 0 amide bonds. The SMILES string of the molecule is CCOC(=O)[C@@H]1[C@H]2CN(Cc3ccc(F)cc3Cl)C[C@@H]2C=C[C@@H]1C.O=CO. The Balaban J connectivity index is 0.000000817. The molecule has 1 aromatic rings. The molecule has 3 rings (SSSR count). The summed E-state index contributed by atoms with van der Waals surface area (Å²) in [6.07, 6.45) is 4.37. The van der Waals surface area contributed by atoms with Gasteiger partial charge in [-0.3, -0.25) is 14.5 Å². The van der Waals surface area contributed by atoms with Crippen LogP contribution >= 0.6 is 11.6 Å². The molecule has 27 heavy (non-hydrogen) atoms. The van der Waals surface area contributed by atoms with Crippen molar-refractivity contribution in [1.29, 1.82) is 0 Å². The van der Waals surface area contributed by atoms with E-state index in [-0.39, 0.29) is 36.0 Å². The van der Waals surface area contributed by atoms with E-state index in [0.29, 0.717) is 24.1 Å². The van der Waals surface area contributed by atoms with E-state index in [0.717, 1.165) is 18.7 Å². The Labute approximate surface area is 163 Å². The van der Waals surface area contributed by atoms with Gasteiger partial charge in [0.2, 0.25) is 0 Å². The molecule has 1 aromatic carbocycles. The molecule has 1 aliphatic carbocycles. The number of benzene rings is 1. The quantitative estimate of drug-likeness (QED) is 0.477. The highest BCUT2D eigenvalue weighted by Gasteiger charge is 2.44. The van der Waals surface area contributed by atoms with E-state index in [9.17, 15) is 9.18 Å². The number of carbonyl (C=O) groups is 2. The molecule has 0 bridgehead atoms. The maximum absolute atomic E-state index is 13.2. The van der Waals surface area contributed by atoms with Gasteiger partial charge in [0.15, 0.2) is 0 Å². The maximum atomic E-state index is 13.2. The molecule has 1 N–H and O–H groups in total. The van der Waals surface area contributed by atoms with E-state index in [4.69, 9.17) is 26.2 Å². The van der Waals surface area contributed by atoms with Crippen molar-refractivity contribution in [2.24, 2.45) is 23.7 Å². The Kier molecular flexibility index (Phi) is 7.80. The van der Waals surface area contributed by atoms with Crippen molar-refractivity contribution in [2.75, 3.05) is 19.7 Å². The van der Waals surface area contributed by atoms with Crippen LogP contribution in [0.3, 0.4) is 0 Å². The summed E-state index contributed by atoms with van der Waals surface area (Å²) in [7, 11) is 0. The summed E-state index contributed by atoms with van der Waals surface area (Å²) in [5, 5.41) is 7.34. The third-order valence-electron chi connectivity index (χ3n) is 5.15. The molecule has 0 aromatic heterocycles. The zero-order chi connectivity index (χ0) is 20.0. The molecule has 2 aliphatic rings. The molecule has 7 heteroatoms. The molecule has 1 fully saturated rings. The number of carbonyl (C=O) groups excluding carboxylic acids is 1. The lowest BCUT2D eigenvalue weighted by Gasteiger charge is -2.32. The van der Waals surface area contributed by atoms with Gasteiger partial charge in [-0.25, -0.2) is 4.39 Å². The van der Waals surface area contributed by atoms with Gasteiger partial charge in [0.05, 0.1) is 12.5 Å². The van der Waals surface area contributed by atoms with Crippen LogP contribution in [-0.4, -0.2) is 42.1 Å². The van der Waals surface area contributed by atoms with E-state index >= 15 is 0 Å². The van der Waals surface area contributed by atoms with Crippen molar-refractivity contribution in [1.82, 2.24) is 4.90 Å². The number of hydrogen-bond acceptors (Lipinski definition) is 4. The highest BCUT2D eigenvalue weighted by Crippen LogP contribution is 2.40. The van der Waals surface area contributed by atoms with Gasteiger partial charge >= 0.3 is 5.97 Å². The fourth-order valence-electron chi connectivity index (χ4n) is 4.00. The predicted octanol–water partition coefficient (Wildman–Crippen LogP) is 3.61. The first-order chi connectivity index (χ1) is 12.9. The lowest BCUT2D eigenvalue weighted by atomic mass is 9.72. The molecule has 148 valence electrons. The zero-order valence-electron chi connectivity index (χ0n) is 15.5. The monoisotopic (exact) mass is 397 g/mol. The first kappa shape index (κ1) is 21.4. The van der Waals surface area contributed by atoms with Crippen LogP contribution in [0.15, 0.2) is 30.4 Å². The molecular formula is C20H25ClFNO4. The first-order valence-corrected chi connectivity index (χ1v) is 9.38. The van der Waals surface area contributed by atoms with Gasteiger partial charge in [-0.05, 0) is 42.4 Å². The molecule has 0 spiro atoms. The minimum absolute atomic E-state index is 0.0892. The number of nitrogens with zero attached hydrogens (tertiary/aromatic N) is 1. The second-order valence-corrected chi connectivity index (χ2v) is 7.29. The van der Waals surface area contributed by atoms with Crippen LogP contribution in [0.4, 0.5) is 4.39 Å². The second-order valence-electron chi connectivity index (χ2n) is 6.88. The van der Waals surface area contributed by atoms with Crippen LogP contribution < -0.4 is 0 Å². The van der Waals surface area contributed by atoms with E-state index in [1.54, 1.807) is 6.07 Å². The summed E-state index contributed by atoms with van der Waals surface area (Å²) in [4.78, 5) is 23.0. The number of ether oxygens (including phenoxy) is 1. The molecular weight excluding hydrogens is 373 g/mol. The highest BCUT2D eigenvalue weighted by atomic mass is 35.5. The largest absolute Gasteiger partial charge is 0.483 e. The zero-order valence-corrected chi connectivity index (χ0v) is 16.2. The molecule has 1 heterocycles. The molecule has 0 saturated carbocycles. The van der Waals surface area contributed by atoms with Crippen molar-refractivity contribution in [3.8, 4) is 0 Å². The van der Waals surface area contributed by atoms with Crippen LogP contribution in [0.25, 0.3) is 0 Å². The van der Waals surface area contributed by atoms with Crippen LogP contribution in [0.2, 0.25) is 5.02 Å². The molecule has 0 unspecified atom stereocenters. The minimum atomic E-state index is -0.321. The summed E-state index contributed by atoms with van der Waals surface area (Å²) >= 11 is 6.15. The molecule has 1 saturated heterocycles. The molecule has 5 nitrogen and oxygen atoms in total. The molecule has 4 atom stereocenters. The summed E-state index contributed by atoms with van der Waals surface area (Å²) in [6, 6.07) is 4.53. The number of rotatable bonds is 4. The highest BCUT2D eigenvalue weighted by molar-refractivity contribution is 6.31. The predicted molar refractivity (Wildman–Crippen MR) is 101 cm³/mol. The number of fused-ring (bicyclic) bond motifs is 1. The van der Waals surface area contributed by atoms with Crippen molar-refractivity contribution >= 4 is 24.0 Å². The van der Waals surface area contributed by atoms with Crippen LogP contribution in [-0.2, 0) is 20.9 Å². The van der Waals surface area contributed by atoms with Gasteiger partial charge in [-0.2, -0.15) is 0 Å². The third kappa shape index (κ3) is 5.30. The Morgan fingerprint density at radius 3 is 2.74 bits per heavy atom. The van der Waals surface area contributed by atoms with E-state index < -0.39 is 0 Å². The lowest BCUT2D eigenvalue weighted by Crippen LogP contribution is -2.37. The fraction of sp³-hybridized carbons (Fsp3) is 0.500. The van der Waals surface area contributed by atoms with Crippen molar-refractivity contribution in [3.05, 3.63) is 46.8 Å². The van der Waals surface area contributed by atoms with Gasteiger partial charge in [0, 0.05) is 24.7 Å². The Morgan fingerprint density at radius 2 is 2.11 bits per heavy atom. The smallest absolute Gasteiger partial charge is 0.309 e. The number of allylic oxidation sites excluding steroid dienone is 1. The lowest BCUT2D eigenvalue weighted by molar-refractivity contribution is -0.152. The number of esters is 1. The van der Waals surface area contributed by atoms with Crippen LogP contribution in [0, 0.1) is 29.5 Å². The average molecular weight is 398 g/mol. The third-order valence-corrected chi connectivity index (χ3v) is 5.50. The standard InChI is InChI=1S/C19H23ClFNO2.CH2O2/c1-3-24-19(23)18-12(2)4-5-13-9-22(11-16(13)18)10-14-6-7-15(21)8-17(14)20;2-1-3/h4-8,12-13,16,18H,3,9-11H2,1-2H3;1H,(H,2,3)/t12-,13-,16-,18-;/m0./s1. The fourth-order valence-corrected chi connectivity index (χ4v) is 4.23. The summed E-state index contributed by atoms with van der Waals surface area (Å²) in [5.41, 5.74) is 0.918. The topological polar surface area (TPSA) is 66.8 Å². The number of carboxylic acid groups (broad SMARTS) is 1. The van der Waals surface area contributed by atoms with Crippen molar-refractivity contribution in [3.63, 3.8) is 0 Å². The number of hydrogen-bond donors (Lipinski definition) is 1. The van der Waals surface area contributed by atoms with Crippen LogP contribution in [0.5, 0.6) is 0 Å². The second kappa shape index (κ2) is 9.85. The van der Waals surface area contributed by atoms with Gasteiger partial charge in [-0.15, -0.1) is 0 Å². The van der Waals surface area contributed by atoms with Gasteiger partial charge in [0.1, 0.15) is 5.82 Å².